The minimum atomic E-state index is -5.08. The number of piperazine rings is 1. The third-order valence-corrected chi connectivity index (χ3v) is 6.13. The van der Waals surface area contributed by atoms with E-state index < -0.39 is 28.1 Å². The monoisotopic (exact) mass is 495 g/mol. The van der Waals surface area contributed by atoms with Gasteiger partial charge in [-0.25, -0.2) is 18.0 Å². The summed E-state index contributed by atoms with van der Waals surface area (Å²) < 4.78 is 56.9. The molecule has 0 bridgehead atoms. The van der Waals surface area contributed by atoms with E-state index in [1.165, 1.54) is 38.2 Å². The van der Waals surface area contributed by atoms with Crippen molar-refractivity contribution in [2.45, 2.75) is 44.3 Å². The van der Waals surface area contributed by atoms with Gasteiger partial charge in [0.15, 0.2) is 0 Å². The van der Waals surface area contributed by atoms with Crippen LogP contribution in [0.3, 0.4) is 0 Å². The average molecular weight is 496 g/mol. The molecule has 2 aliphatic rings. The van der Waals surface area contributed by atoms with Crippen molar-refractivity contribution in [2.24, 2.45) is 0 Å². The summed E-state index contributed by atoms with van der Waals surface area (Å²) in [6, 6.07) is 5.58. The normalized spacial score (nSPS) is 18.2. The van der Waals surface area contributed by atoms with Crippen molar-refractivity contribution in [3.63, 3.8) is 0 Å². The number of anilines is 2. The first kappa shape index (κ1) is 26.7. The second-order valence-corrected chi connectivity index (χ2v) is 9.78. The molecule has 13 heteroatoms. The number of benzene rings is 1. The molecule has 0 spiro atoms. The number of carbonyl (C=O) groups is 2. The lowest BCUT2D eigenvalue weighted by molar-refractivity contribution is -0.192. The van der Waals surface area contributed by atoms with Crippen LogP contribution in [0.15, 0.2) is 18.2 Å². The van der Waals surface area contributed by atoms with Gasteiger partial charge >= 0.3 is 18.1 Å². The Labute approximate surface area is 190 Å². The lowest BCUT2D eigenvalue weighted by atomic mass is 9.94. The van der Waals surface area contributed by atoms with E-state index in [9.17, 15) is 31.5 Å². The first-order chi connectivity index (χ1) is 15.3. The molecule has 1 saturated heterocycles. The summed E-state index contributed by atoms with van der Waals surface area (Å²) in [4.78, 5) is 25.2. The predicted octanol–water partition coefficient (Wildman–Crippen LogP) is 2.84. The number of alkyl halides is 3. The standard InChI is InChI=1S/C18H27N3O4S.C2HF3O2/c1-26(24,25)19-17-8-7-15(13-16(17)18(22)23)21-11-9-20(10-12-21)14-5-3-2-4-6-14;3-2(4,5)1(6)7/h7-8,13-14,19H,2-6,9-12H2,1H3,(H,22,23);(H,6,7). The minimum absolute atomic E-state index is 0.0253. The number of aliphatic carboxylic acids is 1. The van der Waals surface area contributed by atoms with Gasteiger partial charge < -0.3 is 15.1 Å². The second-order valence-electron chi connectivity index (χ2n) is 8.03. The highest BCUT2D eigenvalue weighted by Gasteiger charge is 2.38. The topological polar surface area (TPSA) is 127 Å². The van der Waals surface area contributed by atoms with E-state index in [2.05, 4.69) is 14.5 Å². The zero-order valence-electron chi connectivity index (χ0n) is 18.1. The Hall–Kier alpha value is -2.54. The van der Waals surface area contributed by atoms with Crippen molar-refractivity contribution in [3.05, 3.63) is 23.8 Å². The number of aromatic carboxylic acids is 1. The van der Waals surface area contributed by atoms with Crippen LogP contribution in [0, 0.1) is 0 Å². The van der Waals surface area contributed by atoms with Crippen molar-refractivity contribution in [3.8, 4) is 0 Å². The molecule has 1 aliphatic carbocycles. The number of nitrogens with one attached hydrogen (secondary N) is 1. The largest absolute Gasteiger partial charge is 0.490 e. The van der Waals surface area contributed by atoms with Crippen molar-refractivity contribution < 1.29 is 41.4 Å². The van der Waals surface area contributed by atoms with Gasteiger partial charge in [-0.15, -0.1) is 0 Å². The van der Waals surface area contributed by atoms with Gasteiger partial charge in [0.25, 0.3) is 0 Å². The molecule has 0 amide bonds. The Morgan fingerprint density at radius 2 is 1.58 bits per heavy atom. The lowest BCUT2D eigenvalue weighted by Crippen LogP contribution is -2.50. The lowest BCUT2D eigenvalue weighted by Gasteiger charge is -2.41. The predicted molar refractivity (Wildman–Crippen MR) is 116 cm³/mol. The molecule has 9 nitrogen and oxygen atoms in total. The van der Waals surface area contributed by atoms with Crippen LogP contribution < -0.4 is 9.62 Å². The molecule has 1 aromatic rings. The van der Waals surface area contributed by atoms with E-state index in [-0.39, 0.29) is 11.3 Å². The van der Waals surface area contributed by atoms with Gasteiger partial charge in [0, 0.05) is 37.9 Å². The summed E-state index contributed by atoms with van der Waals surface area (Å²) in [5.41, 5.74) is 0.900. The Balaban J connectivity index is 0.000000479. The molecule has 0 unspecified atom stereocenters. The highest BCUT2D eigenvalue weighted by atomic mass is 32.2. The molecule has 1 aliphatic heterocycles. The van der Waals surface area contributed by atoms with E-state index in [4.69, 9.17) is 9.90 Å². The van der Waals surface area contributed by atoms with Crippen molar-refractivity contribution in [1.82, 2.24) is 4.90 Å². The second kappa shape index (κ2) is 11.1. The van der Waals surface area contributed by atoms with Crippen LogP contribution in [0.5, 0.6) is 0 Å². The maximum atomic E-state index is 11.5. The van der Waals surface area contributed by atoms with Gasteiger partial charge in [-0.05, 0) is 31.0 Å². The third kappa shape index (κ3) is 8.39. The Morgan fingerprint density at radius 1 is 1.03 bits per heavy atom. The van der Waals surface area contributed by atoms with Crippen LogP contribution in [-0.4, -0.2) is 80.1 Å². The van der Waals surface area contributed by atoms with Gasteiger partial charge in [-0.3, -0.25) is 9.62 Å². The SMILES string of the molecule is CS(=O)(=O)Nc1ccc(N2CCN(C3CCCCC3)CC2)cc1C(=O)O.O=C(O)C(F)(F)F. The van der Waals surface area contributed by atoms with Crippen LogP contribution in [0.4, 0.5) is 24.5 Å². The zero-order chi connectivity index (χ0) is 24.8. The number of hydrogen-bond donors (Lipinski definition) is 3. The van der Waals surface area contributed by atoms with E-state index >= 15 is 0 Å². The smallest absolute Gasteiger partial charge is 0.478 e. The van der Waals surface area contributed by atoms with E-state index in [0.717, 1.165) is 38.1 Å². The number of carboxylic acids is 2. The van der Waals surface area contributed by atoms with Gasteiger partial charge in [-0.2, -0.15) is 13.2 Å². The summed E-state index contributed by atoms with van der Waals surface area (Å²) >= 11 is 0. The molecule has 1 aromatic carbocycles. The molecule has 0 aromatic heterocycles. The molecule has 3 rings (SSSR count). The average Bonchev–Trinajstić information content (AvgIpc) is 2.73. The van der Waals surface area contributed by atoms with Gasteiger partial charge in [0.1, 0.15) is 0 Å². The van der Waals surface area contributed by atoms with Crippen LogP contribution in [0.1, 0.15) is 42.5 Å². The molecular formula is C20H28F3N3O6S. The fraction of sp³-hybridized carbons (Fsp3) is 0.600. The molecule has 33 heavy (non-hydrogen) atoms. The first-order valence-corrected chi connectivity index (χ1v) is 12.3. The van der Waals surface area contributed by atoms with Gasteiger partial charge in [0.2, 0.25) is 10.0 Å². The Morgan fingerprint density at radius 3 is 2.03 bits per heavy atom. The molecule has 1 saturated carbocycles. The summed E-state index contributed by atoms with van der Waals surface area (Å²) in [6.07, 6.45) is 2.49. The molecule has 186 valence electrons. The third-order valence-electron chi connectivity index (χ3n) is 5.54. The number of carboxylic acid groups (broad SMARTS) is 2. The van der Waals surface area contributed by atoms with Gasteiger partial charge in [0.05, 0.1) is 17.5 Å². The summed E-state index contributed by atoms with van der Waals surface area (Å²) in [5.74, 6) is -3.90. The van der Waals surface area contributed by atoms with Crippen LogP contribution in [-0.2, 0) is 14.8 Å². The molecule has 0 atom stereocenters. The maximum absolute atomic E-state index is 11.5. The molecule has 0 radical (unpaired) electrons. The van der Waals surface area contributed by atoms with Crippen LogP contribution in [0.2, 0.25) is 0 Å². The maximum Gasteiger partial charge on any atom is 0.490 e. The highest BCUT2D eigenvalue weighted by Crippen LogP contribution is 2.27. The summed E-state index contributed by atoms with van der Waals surface area (Å²) in [5, 5.41) is 16.6. The Bertz CT molecular complexity index is 941. The van der Waals surface area contributed by atoms with E-state index in [1.807, 2.05) is 0 Å². The van der Waals surface area contributed by atoms with Crippen molar-refractivity contribution in [2.75, 3.05) is 42.1 Å². The number of halogens is 3. The fourth-order valence-electron chi connectivity index (χ4n) is 3.99. The van der Waals surface area contributed by atoms with Gasteiger partial charge in [-0.1, -0.05) is 19.3 Å². The summed E-state index contributed by atoms with van der Waals surface area (Å²) in [7, 11) is -3.52. The van der Waals surface area contributed by atoms with Crippen molar-refractivity contribution >= 4 is 33.3 Å². The Kier molecular flexibility index (Phi) is 8.95. The van der Waals surface area contributed by atoms with Crippen LogP contribution in [0.25, 0.3) is 0 Å². The number of sulfonamides is 1. The quantitative estimate of drug-likeness (QED) is 0.569. The fourth-order valence-corrected chi connectivity index (χ4v) is 4.56. The molecule has 2 fully saturated rings. The molecule has 1 heterocycles. The number of nitrogens with zero attached hydrogens (tertiary/aromatic N) is 2. The first-order valence-electron chi connectivity index (χ1n) is 10.4. The van der Waals surface area contributed by atoms with Crippen LogP contribution >= 0.6 is 0 Å². The number of hydrogen-bond acceptors (Lipinski definition) is 6. The zero-order valence-corrected chi connectivity index (χ0v) is 19.0. The summed E-state index contributed by atoms with van der Waals surface area (Å²) in [6.45, 7) is 3.68. The van der Waals surface area contributed by atoms with E-state index in [1.54, 1.807) is 12.1 Å². The highest BCUT2D eigenvalue weighted by molar-refractivity contribution is 7.92. The minimum Gasteiger partial charge on any atom is -0.478 e. The number of rotatable bonds is 5. The molecule has 3 N–H and O–H groups in total. The van der Waals surface area contributed by atoms with Crippen molar-refractivity contribution in [1.29, 1.82) is 0 Å². The molecular weight excluding hydrogens is 467 g/mol. The van der Waals surface area contributed by atoms with E-state index in [0.29, 0.717) is 6.04 Å².